The van der Waals surface area contributed by atoms with E-state index in [2.05, 4.69) is 33.6 Å². The zero-order chi connectivity index (χ0) is 18.4. The molecule has 0 aliphatic rings. The summed E-state index contributed by atoms with van der Waals surface area (Å²) in [5.74, 6) is 0.837. The van der Waals surface area contributed by atoms with Gasteiger partial charge in [-0.15, -0.1) is 0 Å². The van der Waals surface area contributed by atoms with E-state index >= 15 is 0 Å². The minimum Gasteiger partial charge on any atom is -0.465 e. The van der Waals surface area contributed by atoms with Crippen LogP contribution in [0.3, 0.4) is 0 Å². The van der Waals surface area contributed by atoms with E-state index in [4.69, 9.17) is 4.74 Å². The number of carbonyl (C=O) groups is 1. The fraction of sp³-hybridized carbons (Fsp3) is 0.150. The lowest BCUT2D eigenvalue weighted by molar-refractivity contribution is 0.0602. The third-order valence-electron chi connectivity index (χ3n) is 3.92. The molecule has 1 aromatic heterocycles. The Morgan fingerprint density at radius 3 is 2.27 bits per heavy atom. The highest BCUT2D eigenvalue weighted by Gasteiger charge is 2.12. The maximum absolute atomic E-state index is 11.9. The molecule has 26 heavy (non-hydrogen) atoms. The van der Waals surface area contributed by atoms with Crippen molar-refractivity contribution >= 4 is 29.0 Å². The van der Waals surface area contributed by atoms with Gasteiger partial charge in [0, 0.05) is 11.8 Å². The van der Waals surface area contributed by atoms with E-state index < -0.39 is 5.97 Å². The Morgan fingerprint density at radius 1 is 0.962 bits per heavy atom. The number of rotatable bonds is 6. The third kappa shape index (κ3) is 3.97. The number of carbonyl (C=O) groups excluding carboxylic acids is 1. The van der Waals surface area contributed by atoms with Gasteiger partial charge in [-0.3, -0.25) is 0 Å². The van der Waals surface area contributed by atoms with Crippen LogP contribution in [0, 0.1) is 0 Å². The number of aromatic nitrogens is 2. The van der Waals surface area contributed by atoms with Crippen molar-refractivity contribution in [1.82, 2.24) is 9.97 Å². The molecule has 3 aromatic rings. The molecule has 6 heteroatoms. The Balaban J connectivity index is 1.84. The number of aryl methyl sites for hydroxylation is 1. The van der Waals surface area contributed by atoms with Gasteiger partial charge in [0.05, 0.1) is 18.4 Å². The lowest BCUT2D eigenvalue weighted by Gasteiger charge is -2.12. The molecule has 0 aliphatic carbocycles. The molecule has 6 nitrogen and oxygen atoms in total. The summed E-state index contributed by atoms with van der Waals surface area (Å²) in [5.41, 5.74) is 3.28. The van der Waals surface area contributed by atoms with Gasteiger partial charge in [0.2, 0.25) is 0 Å². The van der Waals surface area contributed by atoms with Gasteiger partial charge in [-0.05, 0) is 30.2 Å². The van der Waals surface area contributed by atoms with Crippen molar-refractivity contribution in [2.24, 2.45) is 0 Å². The number of anilines is 4. The lowest BCUT2D eigenvalue weighted by atomic mass is 10.1. The van der Waals surface area contributed by atoms with Crippen LogP contribution in [0.5, 0.6) is 0 Å². The number of hydrogen-bond acceptors (Lipinski definition) is 6. The molecular formula is C20H20N4O2. The first-order valence-corrected chi connectivity index (χ1v) is 8.32. The molecule has 0 atom stereocenters. The zero-order valence-corrected chi connectivity index (χ0v) is 14.7. The third-order valence-corrected chi connectivity index (χ3v) is 3.92. The highest BCUT2D eigenvalue weighted by molar-refractivity contribution is 5.96. The Hall–Kier alpha value is -3.41. The number of methoxy groups -OCH3 is 1. The van der Waals surface area contributed by atoms with Crippen molar-refractivity contribution in [3.8, 4) is 0 Å². The van der Waals surface area contributed by atoms with Crippen LogP contribution >= 0.6 is 0 Å². The van der Waals surface area contributed by atoms with Crippen molar-refractivity contribution in [3.63, 3.8) is 0 Å². The Kier molecular flexibility index (Phi) is 5.43. The van der Waals surface area contributed by atoms with E-state index in [0.717, 1.165) is 12.1 Å². The van der Waals surface area contributed by atoms with Crippen molar-refractivity contribution < 1.29 is 9.53 Å². The largest absolute Gasteiger partial charge is 0.465 e. The van der Waals surface area contributed by atoms with Gasteiger partial charge < -0.3 is 15.4 Å². The van der Waals surface area contributed by atoms with Crippen LogP contribution in [0.1, 0.15) is 22.8 Å². The van der Waals surface area contributed by atoms with Crippen molar-refractivity contribution in [2.45, 2.75) is 13.3 Å². The number of ether oxygens (including phenoxy) is 1. The highest BCUT2D eigenvalue weighted by atomic mass is 16.5. The molecule has 0 radical (unpaired) electrons. The SMILES string of the molecule is CCc1ccccc1Nc1cc(Nc2ccccc2C(=O)OC)ncn1. The normalized spacial score (nSPS) is 10.2. The number of esters is 1. The Labute approximate surface area is 152 Å². The van der Waals surface area contributed by atoms with Gasteiger partial charge in [-0.25, -0.2) is 14.8 Å². The van der Waals surface area contributed by atoms with Gasteiger partial charge in [-0.1, -0.05) is 37.3 Å². The number of nitrogens with one attached hydrogen (secondary N) is 2. The summed E-state index contributed by atoms with van der Waals surface area (Å²) >= 11 is 0. The van der Waals surface area contributed by atoms with Crippen LogP contribution in [-0.2, 0) is 11.2 Å². The first kappa shape index (κ1) is 17.4. The summed E-state index contributed by atoms with van der Waals surface area (Å²) in [6.07, 6.45) is 2.39. The molecule has 0 saturated heterocycles. The number of hydrogen-bond donors (Lipinski definition) is 2. The predicted octanol–water partition coefficient (Wildman–Crippen LogP) is 4.31. The monoisotopic (exact) mass is 348 g/mol. The van der Waals surface area contributed by atoms with Gasteiger partial charge in [0.25, 0.3) is 0 Å². The summed E-state index contributed by atoms with van der Waals surface area (Å²) in [6, 6.07) is 17.0. The fourth-order valence-corrected chi connectivity index (χ4v) is 2.60. The van der Waals surface area contributed by atoms with E-state index in [1.54, 1.807) is 24.3 Å². The first-order valence-electron chi connectivity index (χ1n) is 8.32. The average molecular weight is 348 g/mol. The molecule has 0 fully saturated rings. The minimum absolute atomic E-state index is 0.405. The molecule has 2 aromatic carbocycles. The van der Waals surface area contributed by atoms with Crippen LogP contribution in [0.25, 0.3) is 0 Å². The quantitative estimate of drug-likeness (QED) is 0.646. The van der Waals surface area contributed by atoms with E-state index in [1.165, 1.54) is 19.0 Å². The molecular weight excluding hydrogens is 328 g/mol. The molecule has 0 aliphatic heterocycles. The Morgan fingerprint density at radius 2 is 1.58 bits per heavy atom. The molecule has 0 amide bonds. The molecule has 0 bridgehead atoms. The van der Waals surface area contributed by atoms with Crippen molar-refractivity contribution in [3.05, 3.63) is 72.1 Å². The molecule has 132 valence electrons. The van der Waals surface area contributed by atoms with E-state index in [-0.39, 0.29) is 0 Å². The lowest BCUT2D eigenvalue weighted by Crippen LogP contribution is -2.06. The van der Waals surface area contributed by atoms with Crippen LogP contribution in [0.2, 0.25) is 0 Å². The molecule has 2 N–H and O–H groups in total. The summed E-state index contributed by atoms with van der Waals surface area (Å²) in [5, 5.41) is 6.47. The van der Waals surface area contributed by atoms with E-state index in [9.17, 15) is 4.79 Å². The van der Waals surface area contributed by atoms with Crippen molar-refractivity contribution in [2.75, 3.05) is 17.7 Å². The van der Waals surface area contributed by atoms with Crippen LogP contribution in [0.4, 0.5) is 23.0 Å². The van der Waals surface area contributed by atoms with Crippen LogP contribution in [-0.4, -0.2) is 23.0 Å². The van der Waals surface area contributed by atoms with Crippen LogP contribution < -0.4 is 10.6 Å². The molecule has 0 spiro atoms. The number of benzene rings is 2. The van der Waals surface area contributed by atoms with Gasteiger partial charge in [-0.2, -0.15) is 0 Å². The second-order valence-electron chi connectivity index (χ2n) is 5.59. The zero-order valence-electron chi connectivity index (χ0n) is 14.7. The van der Waals surface area contributed by atoms with E-state index in [0.29, 0.717) is 22.9 Å². The van der Waals surface area contributed by atoms with E-state index in [1.807, 2.05) is 24.3 Å². The molecule has 3 rings (SSSR count). The second kappa shape index (κ2) is 8.11. The maximum atomic E-state index is 11.9. The minimum atomic E-state index is -0.405. The average Bonchev–Trinajstić information content (AvgIpc) is 2.68. The standard InChI is InChI=1S/C20H20N4O2/c1-3-14-8-4-6-10-16(14)23-18-12-19(22-13-21-18)24-17-11-7-5-9-15(17)20(25)26-2/h4-13H,3H2,1-2H3,(H2,21,22,23,24). The Bertz CT molecular complexity index is 912. The van der Waals surface area contributed by atoms with Gasteiger partial charge in [0.15, 0.2) is 0 Å². The molecule has 1 heterocycles. The maximum Gasteiger partial charge on any atom is 0.339 e. The summed E-state index contributed by atoms with van der Waals surface area (Å²) in [4.78, 5) is 20.4. The molecule has 0 saturated carbocycles. The first-order chi connectivity index (χ1) is 12.7. The predicted molar refractivity (Wildman–Crippen MR) is 102 cm³/mol. The smallest absolute Gasteiger partial charge is 0.339 e. The highest BCUT2D eigenvalue weighted by Crippen LogP contribution is 2.24. The fourth-order valence-electron chi connectivity index (χ4n) is 2.60. The summed E-state index contributed by atoms with van der Waals surface area (Å²) in [7, 11) is 1.36. The van der Waals surface area contributed by atoms with Crippen LogP contribution in [0.15, 0.2) is 60.9 Å². The molecule has 0 unspecified atom stereocenters. The van der Waals surface area contributed by atoms with Gasteiger partial charge >= 0.3 is 5.97 Å². The topological polar surface area (TPSA) is 76.1 Å². The van der Waals surface area contributed by atoms with Gasteiger partial charge in [0.1, 0.15) is 18.0 Å². The number of para-hydroxylation sites is 2. The van der Waals surface area contributed by atoms with Crippen molar-refractivity contribution in [1.29, 1.82) is 0 Å². The summed E-state index contributed by atoms with van der Waals surface area (Å²) < 4.78 is 4.82. The summed E-state index contributed by atoms with van der Waals surface area (Å²) in [6.45, 7) is 2.11. The number of nitrogens with zero attached hydrogens (tertiary/aromatic N) is 2. The second-order valence-corrected chi connectivity index (χ2v) is 5.59.